The van der Waals surface area contributed by atoms with Crippen LogP contribution in [0.5, 0.6) is 0 Å². The van der Waals surface area contributed by atoms with Crippen molar-refractivity contribution in [2.75, 3.05) is 0 Å². The lowest BCUT2D eigenvalue weighted by Crippen LogP contribution is -2.37. The van der Waals surface area contributed by atoms with Crippen molar-refractivity contribution in [1.29, 1.82) is 5.41 Å². The van der Waals surface area contributed by atoms with Crippen molar-refractivity contribution in [3.63, 3.8) is 0 Å². The van der Waals surface area contributed by atoms with Crippen molar-refractivity contribution >= 4 is 17.9 Å². The highest BCUT2D eigenvalue weighted by atomic mass is 17.2. The molecular weight excluding hydrogens is 424 g/mol. The molecule has 0 aromatic carbocycles. The van der Waals surface area contributed by atoms with Crippen LogP contribution in [-0.4, -0.2) is 40.3 Å². The lowest BCUT2D eigenvalue weighted by molar-refractivity contribution is -0.399. The van der Waals surface area contributed by atoms with Crippen LogP contribution in [0.1, 0.15) is 106 Å². The minimum absolute atomic E-state index is 0.0413. The number of nitrogens with one attached hydrogen (secondary N) is 1. The number of carbonyl (C=O) groups is 2. The van der Waals surface area contributed by atoms with E-state index in [-0.39, 0.29) is 6.42 Å². The summed E-state index contributed by atoms with van der Waals surface area (Å²) in [5, 5.41) is 8.56. The molecule has 0 radical (unpaired) electrons. The Balaban J connectivity index is 2.42. The average Bonchev–Trinajstić information content (AvgIpc) is 2.95. The first-order valence-electron chi connectivity index (χ1n) is 12.2. The number of nitrogens with zero attached hydrogens (tertiary/aromatic N) is 1. The van der Waals surface area contributed by atoms with E-state index in [4.69, 9.17) is 24.8 Å². The summed E-state index contributed by atoms with van der Waals surface area (Å²) >= 11 is 0. The molecule has 33 heavy (non-hydrogen) atoms. The fraction of sp³-hybridized carbons (Fsp3) is 0.800. The molecule has 8 nitrogen and oxygen atoms in total. The summed E-state index contributed by atoms with van der Waals surface area (Å²) in [5.41, 5.74) is -1.12. The molecule has 1 rings (SSSR count). The monoisotopic (exact) mass is 468 g/mol. The summed E-state index contributed by atoms with van der Waals surface area (Å²) in [6, 6.07) is 0. The fourth-order valence-electron chi connectivity index (χ4n) is 3.47. The third kappa shape index (κ3) is 12.2. The number of hydrogen-bond donors (Lipinski definition) is 1. The summed E-state index contributed by atoms with van der Waals surface area (Å²) < 4.78 is 5.43. The molecule has 0 bridgehead atoms. The molecule has 1 saturated heterocycles. The summed E-state index contributed by atoms with van der Waals surface area (Å²) in [5.74, 6) is -1.50. The zero-order chi connectivity index (χ0) is 25.1. The Morgan fingerprint density at radius 2 is 1.73 bits per heavy atom. The lowest BCUT2D eigenvalue weighted by Gasteiger charge is -2.30. The number of allylic oxidation sites excluding steroid dienone is 1. The molecule has 0 spiro atoms. The summed E-state index contributed by atoms with van der Waals surface area (Å²) in [4.78, 5) is 40.7. The van der Waals surface area contributed by atoms with Gasteiger partial charge in [-0.15, -0.1) is 5.06 Å². The predicted molar refractivity (Wildman–Crippen MR) is 127 cm³/mol. The Labute approximate surface area is 199 Å². The van der Waals surface area contributed by atoms with Gasteiger partial charge in [0.1, 0.15) is 11.7 Å². The second-order valence-corrected chi connectivity index (χ2v) is 10.4. The van der Waals surface area contributed by atoms with Gasteiger partial charge in [0.05, 0.1) is 11.5 Å². The second kappa shape index (κ2) is 13.7. The van der Waals surface area contributed by atoms with Gasteiger partial charge in [-0.2, -0.15) is 0 Å². The molecule has 1 aliphatic rings. The molecule has 1 heterocycles. The van der Waals surface area contributed by atoms with E-state index >= 15 is 0 Å². The van der Waals surface area contributed by atoms with Crippen LogP contribution in [-0.2, 0) is 28.9 Å². The van der Waals surface area contributed by atoms with Gasteiger partial charge >= 0.3 is 6.08 Å². The number of ether oxygens (including phenoxy) is 1. The van der Waals surface area contributed by atoms with Crippen LogP contribution in [0, 0.1) is 11.3 Å². The first kappa shape index (κ1) is 29.1. The van der Waals surface area contributed by atoms with E-state index in [1.165, 1.54) is 32.1 Å². The molecule has 1 fully saturated rings. The normalized spacial score (nSPS) is 18.3. The number of hydrogen-bond acceptors (Lipinski definition) is 7. The molecule has 2 unspecified atom stereocenters. The van der Waals surface area contributed by atoms with Crippen molar-refractivity contribution in [3.05, 3.63) is 12.2 Å². The van der Waals surface area contributed by atoms with E-state index in [1.807, 2.05) is 40.7 Å². The van der Waals surface area contributed by atoms with Gasteiger partial charge in [-0.1, -0.05) is 51.2 Å². The number of imide groups is 1. The highest BCUT2D eigenvalue weighted by Crippen LogP contribution is 2.24. The Bertz CT molecular complexity index is 668. The Kier molecular flexibility index (Phi) is 12.1. The fourth-order valence-corrected chi connectivity index (χ4v) is 3.47. The van der Waals surface area contributed by atoms with Crippen LogP contribution in [0.25, 0.3) is 0 Å². The summed E-state index contributed by atoms with van der Waals surface area (Å²) in [6.45, 7) is 13.3. The van der Waals surface area contributed by atoms with E-state index in [0.29, 0.717) is 11.5 Å². The Morgan fingerprint density at radius 3 is 2.36 bits per heavy atom. The lowest BCUT2D eigenvalue weighted by atomic mass is 10.0. The first-order valence-corrected chi connectivity index (χ1v) is 12.2. The number of carbonyl (C=O) groups excluding carboxylic acids is 2. The smallest absolute Gasteiger partial charge is 0.406 e. The van der Waals surface area contributed by atoms with Crippen molar-refractivity contribution in [2.24, 2.45) is 5.92 Å². The van der Waals surface area contributed by atoms with Crippen molar-refractivity contribution < 1.29 is 28.9 Å². The van der Waals surface area contributed by atoms with Crippen molar-refractivity contribution in [3.8, 4) is 0 Å². The minimum Gasteiger partial charge on any atom is -0.446 e. The van der Waals surface area contributed by atoms with E-state index in [1.54, 1.807) is 13.0 Å². The van der Waals surface area contributed by atoms with Gasteiger partial charge in [0.2, 0.25) is 0 Å². The van der Waals surface area contributed by atoms with Gasteiger partial charge < -0.3 is 9.57 Å². The van der Waals surface area contributed by atoms with Crippen molar-refractivity contribution in [2.45, 2.75) is 124 Å². The van der Waals surface area contributed by atoms with Gasteiger partial charge in [-0.3, -0.25) is 9.59 Å². The molecule has 0 saturated carbocycles. The van der Waals surface area contributed by atoms with Gasteiger partial charge in [0.15, 0.2) is 0 Å². The van der Waals surface area contributed by atoms with Crippen LogP contribution >= 0.6 is 0 Å². The molecule has 190 valence electrons. The second-order valence-electron chi connectivity index (χ2n) is 10.4. The zero-order valence-corrected chi connectivity index (χ0v) is 21.6. The largest absolute Gasteiger partial charge is 0.446 e. The van der Waals surface area contributed by atoms with Gasteiger partial charge in [0, 0.05) is 12.8 Å². The standard InChI is InChI=1S/C25H44N2O6/c1-8-9-10-11-12-13-14-15-16-20-17-21(28)27(22(20)29)31-23(26)30-19(2)18-25(6,7)33-32-24(3,4)5/h15-16,19-20,26H,8-14,17-18H2,1-7H3. The topological polar surface area (TPSA) is 98.2 Å². The molecule has 2 amide bonds. The first-order chi connectivity index (χ1) is 15.3. The van der Waals surface area contributed by atoms with E-state index < -0.39 is 41.1 Å². The van der Waals surface area contributed by atoms with Crippen LogP contribution in [0.3, 0.4) is 0 Å². The Morgan fingerprint density at radius 1 is 1.09 bits per heavy atom. The predicted octanol–water partition coefficient (Wildman–Crippen LogP) is 5.86. The van der Waals surface area contributed by atoms with Crippen LogP contribution in [0.4, 0.5) is 0 Å². The maximum atomic E-state index is 12.5. The zero-order valence-electron chi connectivity index (χ0n) is 21.6. The molecule has 1 aliphatic heterocycles. The highest BCUT2D eigenvalue weighted by Gasteiger charge is 2.40. The minimum atomic E-state index is -0.669. The van der Waals surface area contributed by atoms with Crippen LogP contribution < -0.4 is 0 Å². The molecule has 0 aromatic heterocycles. The number of rotatable bonds is 14. The van der Waals surface area contributed by atoms with Crippen molar-refractivity contribution in [1.82, 2.24) is 5.06 Å². The SMILES string of the molecule is CCCCCCCCC=CC1CC(=O)N(OC(=N)OC(C)CC(C)(C)OOC(C)(C)C)C1=O. The maximum absolute atomic E-state index is 12.5. The quantitative estimate of drug-likeness (QED) is 0.0652. The Hall–Kier alpha value is -1.93. The van der Waals surface area contributed by atoms with E-state index in [9.17, 15) is 9.59 Å². The van der Waals surface area contributed by atoms with Crippen LogP contribution in [0.15, 0.2) is 12.2 Å². The average molecular weight is 469 g/mol. The van der Waals surface area contributed by atoms with E-state index in [2.05, 4.69) is 6.92 Å². The number of hydroxylamine groups is 2. The summed E-state index contributed by atoms with van der Waals surface area (Å²) in [7, 11) is 0. The maximum Gasteiger partial charge on any atom is 0.406 e. The summed E-state index contributed by atoms with van der Waals surface area (Å²) in [6.07, 6.45) is 11.3. The number of unbranched alkanes of at least 4 members (excludes halogenated alkanes) is 6. The number of amides is 2. The van der Waals surface area contributed by atoms with Gasteiger partial charge in [0.25, 0.3) is 11.8 Å². The van der Waals surface area contributed by atoms with E-state index in [0.717, 1.165) is 12.8 Å². The molecular formula is C25H44N2O6. The molecule has 8 heteroatoms. The third-order valence-corrected chi connectivity index (χ3v) is 5.01. The molecule has 0 aliphatic carbocycles. The highest BCUT2D eigenvalue weighted by molar-refractivity contribution is 6.03. The third-order valence-electron chi connectivity index (χ3n) is 5.01. The van der Waals surface area contributed by atoms with Gasteiger partial charge in [-0.25, -0.2) is 15.2 Å². The molecule has 1 N–H and O–H groups in total. The molecule has 2 atom stereocenters. The van der Waals surface area contributed by atoms with Gasteiger partial charge in [-0.05, 0) is 54.4 Å². The molecule has 0 aromatic rings. The van der Waals surface area contributed by atoms with Crippen LogP contribution in [0.2, 0.25) is 0 Å².